The van der Waals surface area contributed by atoms with Gasteiger partial charge in [-0.2, -0.15) is 11.8 Å². The Bertz CT molecular complexity index is 574. The molecule has 1 amide bonds. The Balaban J connectivity index is 2.20. The minimum atomic E-state index is -0.462. The Morgan fingerprint density at radius 3 is 2.27 bits per heavy atom. The van der Waals surface area contributed by atoms with Crippen molar-refractivity contribution in [2.45, 2.75) is 19.0 Å². The van der Waals surface area contributed by atoms with E-state index in [-0.39, 0.29) is 5.91 Å². The summed E-state index contributed by atoms with van der Waals surface area (Å²) >= 11 is 1.71. The first-order valence-electron chi connectivity index (χ1n) is 7.37. The summed E-state index contributed by atoms with van der Waals surface area (Å²) < 4.78 is 0. The van der Waals surface area contributed by atoms with Crippen LogP contribution in [0.25, 0.3) is 0 Å². The van der Waals surface area contributed by atoms with Gasteiger partial charge in [0.25, 0.3) is 0 Å². The minimum Gasteiger partial charge on any atom is -0.320 e. The molecule has 0 radical (unpaired) electrons. The molecule has 0 aliphatic rings. The summed E-state index contributed by atoms with van der Waals surface area (Å²) in [6, 6.07) is 19.2. The number of carbonyl (C=O) groups excluding carboxylic acids is 1. The molecule has 0 aromatic heterocycles. The molecule has 0 aliphatic heterocycles. The molecular formula is C18H22N2OS. The topological polar surface area (TPSA) is 46.3 Å². The molecule has 3 nitrogen and oxygen atoms in total. The van der Waals surface area contributed by atoms with Crippen molar-refractivity contribution in [3.8, 4) is 0 Å². The van der Waals surface area contributed by atoms with Crippen LogP contribution in [0.1, 0.15) is 12.0 Å². The molecule has 0 spiro atoms. The first kappa shape index (κ1) is 16.6. The highest BCUT2D eigenvalue weighted by atomic mass is 32.2. The second-order valence-corrected chi connectivity index (χ2v) is 6.12. The third kappa shape index (κ3) is 4.61. The number of nitrogens with zero attached hydrogens (tertiary/aromatic N) is 1. The summed E-state index contributed by atoms with van der Waals surface area (Å²) in [5.74, 6) is 0.866. The maximum absolute atomic E-state index is 12.7. The largest absolute Gasteiger partial charge is 0.320 e. The van der Waals surface area contributed by atoms with Crippen molar-refractivity contribution in [3.05, 3.63) is 66.2 Å². The lowest BCUT2D eigenvalue weighted by Gasteiger charge is -2.26. The van der Waals surface area contributed by atoms with Crippen LogP contribution in [0.2, 0.25) is 0 Å². The molecule has 4 heteroatoms. The van der Waals surface area contributed by atoms with E-state index in [1.807, 2.05) is 66.9 Å². The fourth-order valence-corrected chi connectivity index (χ4v) is 2.73. The molecule has 2 rings (SSSR count). The summed E-state index contributed by atoms with van der Waals surface area (Å²) in [4.78, 5) is 14.5. The van der Waals surface area contributed by atoms with Crippen molar-refractivity contribution >= 4 is 23.4 Å². The first-order valence-corrected chi connectivity index (χ1v) is 8.76. The highest BCUT2D eigenvalue weighted by Crippen LogP contribution is 2.18. The highest BCUT2D eigenvalue weighted by Gasteiger charge is 2.22. The Morgan fingerprint density at radius 1 is 1.09 bits per heavy atom. The predicted octanol–water partition coefficient (Wildman–Crippen LogP) is 3.30. The molecule has 116 valence electrons. The number of anilines is 1. The summed E-state index contributed by atoms with van der Waals surface area (Å²) in [6.45, 7) is 0.538. The minimum absolute atomic E-state index is 0.0240. The predicted molar refractivity (Wildman–Crippen MR) is 95.0 cm³/mol. The Hall–Kier alpha value is -1.78. The van der Waals surface area contributed by atoms with E-state index in [4.69, 9.17) is 5.73 Å². The van der Waals surface area contributed by atoms with E-state index in [2.05, 4.69) is 0 Å². The Morgan fingerprint density at radius 2 is 1.68 bits per heavy atom. The van der Waals surface area contributed by atoms with Gasteiger partial charge in [0.15, 0.2) is 0 Å². The van der Waals surface area contributed by atoms with Gasteiger partial charge in [-0.15, -0.1) is 0 Å². The number of amides is 1. The van der Waals surface area contributed by atoms with Crippen molar-refractivity contribution in [1.82, 2.24) is 0 Å². The van der Waals surface area contributed by atoms with Crippen LogP contribution in [0.15, 0.2) is 60.7 Å². The van der Waals surface area contributed by atoms with Gasteiger partial charge >= 0.3 is 0 Å². The summed E-state index contributed by atoms with van der Waals surface area (Å²) in [5, 5.41) is 0. The van der Waals surface area contributed by atoms with Gasteiger partial charge in [0.05, 0.1) is 12.6 Å². The molecule has 2 aromatic rings. The van der Waals surface area contributed by atoms with Crippen LogP contribution in [0, 0.1) is 0 Å². The number of hydrogen-bond donors (Lipinski definition) is 1. The van der Waals surface area contributed by atoms with Gasteiger partial charge in [0.1, 0.15) is 0 Å². The van der Waals surface area contributed by atoms with Gasteiger partial charge in [-0.25, -0.2) is 0 Å². The number of benzene rings is 2. The van der Waals surface area contributed by atoms with Crippen molar-refractivity contribution in [2.75, 3.05) is 16.9 Å². The van der Waals surface area contributed by atoms with E-state index >= 15 is 0 Å². The second-order valence-electron chi connectivity index (χ2n) is 5.13. The molecule has 0 unspecified atom stereocenters. The van der Waals surface area contributed by atoms with Crippen LogP contribution in [-0.2, 0) is 11.3 Å². The summed E-state index contributed by atoms with van der Waals surface area (Å²) in [7, 11) is 0. The zero-order valence-corrected chi connectivity index (χ0v) is 13.6. The highest BCUT2D eigenvalue weighted by molar-refractivity contribution is 7.98. The van der Waals surface area contributed by atoms with Crippen molar-refractivity contribution in [2.24, 2.45) is 5.73 Å². The van der Waals surface area contributed by atoms with E-state index in [0.29, 0.717) is 13.0 Å². The van der Waals surface area contributed by atoms with Crippen LogP contribution in [0.3, 0.4) is 0 Å². The zero-order chi connectivity index (χ0) is 15.8. The Kier molecular flexibility index (Phi) is 6.49. The Labute approximate surface area is 136 Å². The quantitative estimate of drug-likeness (QED) is 0.853. The maximum Gasteiger partial charge on any atom is 0.244 e. The van der Waals surface area contributed by atoms with Gasteiger partial charge in [-0.3, -0.25) is 4.79 Å². The molecule has 2 N–H and O–H groups in total. The number of nitrogens with two attached hydrogens (primary N) is 1. The van der Waals surface area contributed by atoms with E-state index in [9.17, 15) is 4.79 Å². The lowest BCUT2D eigenvalue weighted by atomic mass is 10.1. The average molecular weight is 314 g/mol. The molecule has 0 bridgehead atoms. The summed E-state index contributed by atoms with van der Waals surface area (Å²) in [6.07, 6.45) is 2.72. The average Bonchev–Trinajstić information content (AvgIpc) is 2.58. The molecular weight excluding hydrogens is 292 g/mol. The van der Waals surface area contributed by atoms with Gasteiger partial charge in [-0.1, -0.05) is 48.5 Å². The van der Waals surface area contributed by atoms with E-state index in [1.54, 1.807) is 16.7 Å². The fourth-order valence-electron chi connectivity index (χ4n) is 2.24. The van der Waals surface area contributed by atoms with Gasteiger partial charge in [-0.05, 0) is 36.1 Å². The van der Waals surface area contributed by atoms with Gasteiger partial charge < -0.3 is 10.6 Å². The van der Waals surface area contributed by atoms with Crippen molar-refractivity contribution in [3.63, 3.8) is 0 Å². The normalized spacial score (nSPS) is 11.9. The molecule has 2 aromatic carbocycles. The van der Waals surface area contributed by atoms with Crippen molar-refractivity contribution < 1.29 is 4.79 Å². The number of carbonyl (C=O) groups is 1. The smallest absolute Gasteiger partial charge is 0.244 e. The lowest BCUT2D eigenvalue weighted by molar-refractivity contribution is -0.120. The number of thioether (sulfide) groups is 1. The van der Waals surface area contributed by atoms with E-state index in [0.717, 1.165) is 17.0 Å². The zero-order valence-electron chi connectivity index (χ0n) is 12.8. The molecule has 1 atom stereocenters. The molecule has 0 saturated heterocycles. The molecule has 0 fully saturated rings. The van der Waals surface area contributed by atoms with Crippen LogP contribution in [0.5, 0.6) is 0 Å². The monoisotopic (exact) mass is 314 g/mol. The maximum atomic E-state index is 12.7. The van der Waals surface area contributed by atoms with Gasteiger partial charge in [0.2, 0.25) is 5.91 Å². The fraction of sp³-hybridized carbons (Fsp3) is 0.278. The molecule has 0 saturated carbocycles. The third-order valence-corrected chi connectivity index (χ3v) is 4.11. The van der Waals surface area contributed by atoms with Crippen LogP contribution in [0.4, 0.5) is 5.69 Å². The first-order chi connectivity index (χ1) is 10.7. The number of hydrogen-bond acceptors (Lipinski definition) is 3. The van der Waals surface area contributed by atoms with Gasteiger partial charge in [0, 0.05) is 5.69 Å². The standard InChI is InChI=1S/C18H22N2OS/c1-22-13-12-17(19)18(21)20(16-10-6-3-7-11-16)14-15-8-4-2-5-9-15/h2-11,17H,12-14,19H2,1H3/t17-/m0/s1. The number of para-hydroxylation sites is 1. The van der Waals surface area contributed by atoms with Crippen LogP contribution in [-0.4, -0.2) is 24.0 Å². The molecule has 22 heavy (non-hydrogen) atoms. The molecule has 0 heterocycles. The SMILES string of the molecule is CSCC[C@H](N)C(=O)N(Cc1ccccc1)c1ccccc1. The summed E-state index contributed by atoms with van der Waals surface area (Å²) in [5.41, 5.74) is 8.07. The van der Waals surface area contributed by atoms with Crippen LogP contribution < -0.4 is 10.6 Å². The van der Waals surface area contributed by atoms with Crippen molar-refractivity contribution in [1.29, 1.82) is 0 Å². The van der Waals surface area contributed by atoms with E-state index in [1.165, 1.54) is 0 Å². The van der Waals surface area contributed by atoms with Crippen LogP contribution >= 0.6 is 11.8 Å². The lowest BCUT2D eigenvalue weighted by Crippen LogP contribution is -2.44. The molecule has 0 aliphatic carbocycles. The number of rotatable bonds is 7. The second kappa shape index (κ2) is 8.61. The van der Waals surface area contributed by atoms with E-state index < -0.39 is 6.04 Å². The third-order valence-electron chi connectivity index (χ3n) is 3.47.